The average Bonchev–Trinajstić information content (AvgIpc) is 3.38. The quantitative estimate of drug-likeness (QED) is 0.0622. The molecule has 1 aromatic rings. The summed E-state index contributed by atoms with van der Waals surface area (Å²) in [5.74, 6) is -0.553. The van der Waals surface area contributed by atoms with Crippen LogP contribution in [0.1, 0.15) is 98.1 Å². The van der Waals surface area contributed by atoms with Gasteiger partial charge in [0.05, 0.1) is 5.69 Å². The smallest absolute Gasteiger partial charge is 0.452 e. The van der Waals surface area contributed by atoms with Crippen molar-refractivity contribution in [3.63, 3.8) is 0 Å². The number of alkyl carbamates (subject to hydrolysis) is 1. The molecule has 0 aliphatic carbocycles. The van der Waals surface area contributed by atoms with Crippen molar-refractivity contribution in [2.45, 2.75) is 99.1 Å². The second-order valence-electron chi connectivity index (χ2n) is 12.1. The zero-order valence-corrected chi connectivity index (χ0v) is 30.6. The Morgan fingerprint density at radius 3 is 2.27 bits per heavy atom. The lowest BCUT2D eigenvalue weighted by Crippen LogP contribution is -2.29. The Labute approximate surface area is 280 Å². The summed E-state index contributed by atoms with van der Waals surface area (Å²) in [6.45, 7) is 21.0. The predicted octanol–water partition coefficient (Wildman–Crippen LogP) is 9.18. The van der Waals surface area contributed by atoms with Crippen LogP contribution in [0.3, 0.4) is 0 Å². The van der Waals surface area contributed by atoms with E-state index in [-0.39, 0.29) is 17.8 Å². The Balaban J connectivity index is 3.05. The van der Waals surface area contributed by atoms with E-state index in [0.29, 0.717) is 23.5 Å². The third-order valence-corrected chi connectivity index (χ3v) is 7.43. The highest BCUT2D eigenvalue weighted by Gasteiger charge is 2.28. The molecule has 1 heterocycles. The van der Waals surface area contributed by atoms with Crippen LogP contribution in [0.4, 0.5) is 9.59 Å². The molecule has 0 fully saturated rings. The Morgan fingerprint density at radius 2 is 1.73 bits per heavy atom. The zero-order chi connectivity index (χ0) is 33.6. The van der Waals surface area contributed by atoms with Crippen molar-refractivity contribution in [3.8, 4) is 0 Å². The second kappa shape index (κ2) is 19.0. The van der Waals surface area contributed by atoms with E-state index < -0.39 is 42.1 Å². The van der Waals surface area contributed by atoms with Gasteiger partial charge in [-0.2, -0.15) is 0 Å². The van der Waals surface area contributed by atoms with E-state index in [4.69, 9.17) is 23.9 Å². The van der Waals surface area contributed by atoms with E-state index in [2.05, 4.69) is 34.5 Å². The lowest BCUT2D eigenvalue weighted by Gasteiger charge is -2.24. The summed E-state index contributed by atoms with van der Waals surface area (Å²) in [5, 5.41) is 4.94. The standard InChI is InChI=1S/C33H49IN2O7S/c1-12-22(5)29(25-19-44-30(36-25)27(16-20(2)3)40-31(38)35-11)42-28(37)15-13-14-21(4)17-26(23(6)18-24(7)34)41-32(39)43-33(8,9)10/h12-13,15,17-20,22-23,26-27,29H,1,14,16H2,2-11H3,(H,35,38)/b15-13+,21-17+,24-18-/t22-,23-,26+,27-,29-/m0/s1. The molecule has 1 amide bonds. The molecule has 1 N–H and O–H groups in total. The number of thiazole rings is 1. The number of halogens is 1. The van der Waals surface area contributed by atoms with E-state index in [9.17, 15) is 14.4 Å². The molecule has 0 saturated carbocycles. The van der Waals surface area contributed by atoms with Crippen LogP contribution in [-0.2, 0) is 23.7 Å². The second-order valence-corrected chi connectivity index (χ2v) is 14.7. The number of carbonyl (C=O) groups is 3. The summed E-state index contributed by atoms with van der Waals surface area (Å²) in [4.78, 5) is 41.9. The molecule has 5 atom stereocenters. The highest BCUT2D eigenvalue weighted by molar-refractivity contribution is 14.1. The first-order valence-corrected chi connectivity index (χ1v) is 16.7. The summed E-state index contributed by atoms with van der Waals surface area (Å²) in [6, 6.07) is 0. The average molecular weight is 745 g/mol. The van der Waals surface area contributed by atoms with Crippen molar-refractivity contribution in [1.82, 2.24) is 10.3 Å². The van der Waals surface area contributed by atoms with Crippen LogP contribution in [0.5, 0.6) is 0 Å². The molecule has 9 nitrogen and oxygen atoms in total. The molecule has 44 heavy (non-hydrogen) atoms. The van der Waals surface area contributed by atoms with Gasteiger partial charge in [-0.05, 0) is 85.6 Å². The largest absolute Gasteiger partial charge is 0.509 e. The number of esters is 1. The third kappa shape index (κ3) is 15.4. The molecule has 0 unspecified atom stereocenters. The Morgan fingerprint density at radius 1 is 1.07 bits per heavy atom. The minimum Gasteiger partial charge on any atom is -0.452 e. The summed E-state index contributed by atoms with van der Waals surface area (Å²) in [6.07, 6.45) is 6.75. The number of allylic oxidation sites excluding steroid dienone is 3. The van der Waals surface area contributed by atoms with Gasteiger partial charge in [-0.1, -0.05) is 51.5 Å². The highest BCUT2D eigenvalue weighted by Crippen LogP contribution is 2.33. The number of hydrogen-bond donors (Lipinski definition) is 1. The number of amides is 1. The fourth-order valence-electron chi connectivity index (χ4n) is 3.94. The molecule has 1 aromatic heterocycles. The Bertz CT molecular complexity index is 1190. The van der Waals surface area contributed by atoms with Gasteiger partial charge in [0.25, 0.3) is 0 Å². The molecule has 11 heteroatoms. The van der Waals surface area contributed by atoms with Crippen molar-refractivity contribution in [3.05, 3.63) is 62.2 Å². The van der Waals surface area contributed by atoms with Crippen LogP contribution in [0.25, 0.3) is 0 Å². The van der Waals surface area contributed by atoms with Crippen molar-refractivity contribution < 1.29 is 33.3 Å². The molecule has 0 saturated heterocycles. The molecule has 0 aliphatic heterocycles. The molecule has 0 radical (unpaired) electrons. The maximum atomic E-state index is 12.9. The van der Waals surface area contributed by atoms with Gasteiger partial charge >= 0.3 is 18.2 Å². The number of aromatic nitrogens is 1. The number of ether oxygens (including phenoxy) is 4. The van der Waals surface area contributed by atoms with Gasteiger partial charge in [0, 0.05) is 30.3 Å². The molecule has 246 valence electrons. The van der Waals surface area contributed by atoms with Gasteiger partial charge in [-0.3, -0.25) is 0 Å². The van der Waals surface area contributed by atoms with E-state index in [1.54, 1.807) is 32.9 Å². The number of rotatable bonds is 15. The monoisotopic (exact) mass is 744 g/mol. The third-order valence-electron chi connectivity index (χ3n) is 6.11. The van der Waals surface area contributed by atoms with Gasteiger partial charge in [-0.15, -0.1) is 17.9 Å². The van der Waals surface area contributed by atoms with E-state index in [1.807, 2.05) is 59.1 Å². The predicted molar refractivity (Wildman–Crippen MR) is 184 cm³/mol. The van der Waals surface area contributed by atoms with Gasteiger partial charge in [0.2, 0.25) is 0 Å². The first-order chi connectivity index (χ1) is 20.4. The fourth-order valence-corrected chi connectivity index (χ4v) is 5.39. The normalized spacial score (nSPS) is 16.1. The minimum atomic E-state index is -0.736. The molecule has 0 bridgehead atoms. The van der Waals surface area contributed by atoms with Crippen LogP contribution in [-0.4, -0.2) is 42.0 Å². The van der Waals surface area contributed by atoms with Crippen LogP contribution < -0.4 is 5.32 Å². The summed E-state index contributed by atoms with van der Waals surface area (Å²) in [7, 11) is 1.51. The zero-order valence-electron chi connectivity index (χ0n) is 27.6. The Kier molecular flexibility index (Phi) is 17.0. The fraction of sp³-hybridized carbons (Fsp3) is 0.576. The van der Waals surface area contributed by atoms with Gasteiger partial charge in [-0.25, -0.2) is 19.4 Å². The Hall–Kier alpha value is -2.67. The van der Waals surface area contributed by atoms with Crippen molar-refractivity contribution >= 4 is 52.1 Å². The molecular weight excluding hydrogens is 695 g/mol. The molecule has 0 aliphatic rings. The van der Waals surface area contributed by atoms with Crippen LogP contribution in [0.2, 0.25) is 0 Å². The molecule has 0 spiro atoms. The number of nitrogens with zero attached hydrogens (tertiary/aromatic N) is 1. The van der Waals surface area contributed by atoms with Crippen LogP contribution in [0.15, 0.2) is 51.5 Å². The number of nitrogens with one attached hydrogen (secondary N) is 1. The highest BCUT2D eigenvalue weighted by atomic mass is 127. The lowest BCUT2D eigenvalue weighted by molar-refractivity contribution is -0.145. The lowest BCUT2D eigenvalue weighted by atomic mass is 10.0. The topological polar surface area (TPSA) is 113 Å². The van der Waals surface area contributed by atoms with Crippen molar-refractivity contribution in [1.29, 1.82) is 0 Å². The maximum absolute atomic E-state index is 12.9. The van der Waals surface area contributed by atoms with Crippen LogP contribution >= 0.6 is 33.9 Å². The number of carbonyl (C=O) groups excluding carboxylic acids is 3. The summed E-state index contributed by atoms with van der Waals surface area (Å²) in [5.41, 5.74) is 0.804. The minimum absolute atomic E-state index is 0.0886. The van der Waals surface area contributed by atoms with Crippen molar-refractivity contribution in [2.75, 3.05) is 7.05 Å². The summed E-state index contributed by atoms with van der Waals surface area (Å²) < 4.78 is 23.4. The van der Waals surface area contributed by atoms with Crippen molar-refractivity contribution in [2.24, 2.45) is 17.8 Å². The van der Waals surface area contributed by atoms with E-state index in [0.717, 1.165) is 9.15 Å². The van der Waals surface area contributed by atoms with Gasteiger partial charge in [0.1, 0.15) is 16.7 Å². The van der Waals surface area contributed by atoms with Crippen LogP contribution in [0, 0.1) is 17.8 Å². The SMILES string of the molecule is C=C[C@H](C)[C@H](OC(=O)/C=C/C/C(C)=C/[C@@H](OC(=O)OC(C)(C)C)[C@@H](C)/C=C(/C)I)c1csc([C@H](CC(C)C)OC(=O)NC)n1. The van der Waals surface area contributed by atoms with Gasteiger partial charge in [0.15, 0.2) is 12.2 Å². The van der Waals surface area contributed by atoms with E-state index in [1.165, 1.54) is 24.5 Å². The first-order valence-electron chi connectivity index (χ1n) is 14.7. The van der Waals surface area contributed by atoms with Gasteiger partial charge < -0.3 is 24.3 Å². The number of hydrogen-bond acceptors (Lipinski definition) is 9. The first kappa shape index (κ1) is 39.4. The maximum Gasteiger partial charge on any atom is 0.509 e. The van der Waals surface area contributed by atoms with E-state index >= 15 is 0 Å². The molecule has 1 rings (SSSR count). The summed E-state index contributed by atoms with van der Waals surface area (Å²) >= 11 is 3.58. The molecular formula is C33H49IN2O7S. The molecule has 0 aromatic carbocycles.